The van der Waals surface area contributed by atoms with Crippen molar-refractivity contribution in [2.75, 3.05) is 0 Å². The summed E-state index contributed by atoms with van der Waals surface area (Å²) < 4.78 is 0. The number of amides is 1. The second-order valence-electron chi connectivity index (χ2n) is 8.10. The zero-order valence-corrected chi connectivity index (χ0v) is 12.8. The van der Waals surface area contributed by atoms with Gasteiger partial charge in [-0.15, -0.1) is 0 Å². The smallest absolute Gasteiger partial charge is 0.220 e. The van der Waals surface area contributed by atoms with Crippen LogP contribution in [0.25, 0.3) is 0 Å². The summed E-state index contributed by atoms with van der Waals surface area (Å²) in [6, 6.07) is 0.456. The Kier molecular flexibility index (Phi) is 2.81. The van der Waals surface area contributed by atoms with Gasteiger partial charge in [-0.25, -0.2) is 0 Å². The number of allylic oxidation sites excluding steroid dienone is 2. The summed E-state index contributed by atoms with van der Waals surface area (Å²) in [5.74, 6) is 3.85. The van der Waals surface area contributed by atoms with Gasteiger partial charge >= 0.3 is 0 Å². The number of fused-ring (bicyclic) bond motifs is 5. The van der Waals surface area contributed by atoms with E-state index in [9.17, 15) is 4.79 Å². The van der Waals surface area contributed by atoms with Crippen LogP contribution in [-0.2, 0) is 4.79 Å². The third-order valence-electron chi connectivity index (χ3n) is 7.14. The van der Waals surface area contributed by atoms with Gasteiger partial charge in [-0.05, 0) is 74.5 Å². The molecule has 4 rings (SSSR count). The molecular formula is C18H27NO. The normalized spacial score (nSPS) is 50.6. The predicted molar refractivity (Wildman–Crippen MR) is 80.1 cm³/mol. The molecule has 1 heterocycles. The quantitative estimate of drug-likeness (QED) is 0.670. The van der Waals surface area contributed by atoms with Gasteiger partial charge in [0.05, 0.1) is 0 Å². The predicted octanol–water partition coefficient (Wildman–Crippen LogP) is 3.67. The van der Waals surface area contributed by atoms with Crippen LogP contribution >= 0.6 is 0 Å². The molecule has 1 N–H and O–H groups in total. The molecule has 6 atom stereocenters. The average molecular weight is 273 g/mol. The molecule has 0 radical (unpaired) electrons. The molecule has 20 heavy (non-hydrogen) atoms. The van der Waals surface area contributed by atoms with Crippen molar-refractivity contribution in [3.05, 3.63) is 11.6 Å². The topological polar surface area (TPSA) is 29.1 Å². The summed E-state index contributed by atoms with van der Waals surface area (Å²) in [5, 5.41) is 3.31. The number of carbonyl (C=O) groups is 1. The van der Waals surface area contributed by atoms with E-state index in [0.717, 1.165) is 36.5 Å². The first-order chi connectivity index (χ1) is 9.58. The first kappa shape index (κ1) is 12.9. The number of hydrogen-bond acceptors (Lipinski definition) is 1. The third kappa shape index (κ3) is 1.72. The average Bonchev–Trinajstić information content (AvgIpc) is 2.80. The van der Waals surface area contributed by atoms with Crippen molar-refractivity contribution in [3.63, 3.8) is 0 Å². The molecule has 2 heteroatoms. The van der Waals surface area contributed by atoms with Gasteiger partial charge in [0.25, 0.3) is 0 Å². The van der Waals surface area contributed by atoms with Crippen molar-refractivity contribution in [2.45, 2.75) is 64.8 Å². The lowest BCUT2D eigenvalue weighted by Crippen LogP contribution is -2.60. The summed E-state index contributed by atoms with van der Waals surface area (Å²) in [5.41, 5.74) is 2.00. The Balaban J connectivity index is 1.61. The molecule has 2 nitrogen and oxygen atoms in total. The number of nitrogens with one attached hydrogen (secondary N) is 1. The first-order valence-corrected chi connectivity index (χ1v) is 8.54. The van der Waals surface area contributed by atoms with Crippen LogP contribution in [0, 0.1) is 29.1 Å². The highest BCUT2D eigenvalue weighted by molar-refractivity contribution is 5.77. The molecule has 3 aliphatic carbocycles. The molecule has 0 aromatic carbocycles. The van der Waals surface area contributed by atoms with Crippen LogP contribution in [0.1, 0.15) is 58.8 Å². The molecule has 1 aliphatic heterocycles. The molecule has 110 valence electrons. The monoisotopic (exact) mass is 273 g/mol. The summed E-state index contributed by atoms with van der Waals surface area (Å²) in [6.45, 7) is 4.80. The summed E-state index contributed by atoms with van der Waals surface area (Å²) >= 11 is 0. The van der Waals surface area contributed by atoms with E-state index in [1.54, 1.807) is 5.57 Å². The Morgan fingerprint density at radius 1 is 1.20 bits per heavy atom. The van der Waals surface area contributed by atoms with Crippen molar-refractivity contribution in [3.8, 4) is 0 Å². The minimum absolute atomic E-state index is 0.290. The first-order valence-electron chi connectivity index (χ1n) is 8.54. The van der Waals surface area contributed by atoms with Gasteiger partial charge in [-0.2, -0.15) is 0 Å². The highest BCUT2D eigenvalue weighted by Gasteiger charge is 2.54. The van der Waals surface area contributed by atoms with Crippen molar-refractivity contribution in [1.82, 2.24) is 5.32 Å². The zero-order chi connectivity index (χ0) is 13.9. The lowest BCUT2D eigenvalue weighted by molar-refractivity contribution is -0.133. The number of piperidine rings is 1. The van der Waals surface area contributed by atoms with E-state index in [1.165, 1.54) is 32.1 Å². The van der Waals surface area contributed by atoms with Crippen molar-refractivity contribution >= 4 is 5.91 Å². The fourth-order valence-corrected chi connectivity index (χ4v) is 6.16. The number of carbonyl (C=O) groups excluding carboxylic acids is 1. The zero-order valence-electron chi connectivity index (χ0n) is 12.8. The number of rotatable bonds is 0. The lowest BCUT2D eigenvalue weighted by Gasteiger charge is -2.57. The van der Waals surface area contributed by atoms with Gasteiger partial charge in [-0.1, -0.05) is 18.6 Å². The Bertz CT molecular complexity index is 468. The SMILES string of the molecule is CC1=CC2CCC3C(CCC4NC(=O)CCC43C)C2C1. The Hall–Kier alpha value is -0.790. The minimum atomic E-state index is 0.290. The standard InChI is InChI=1S/C18H27NO/c1-11-9-12-3-5-15-13(14(12)10-11)4-6-16-18(15,2)8-7-17(20)19-16/h9,12-16H,3-8,10H2,1-2H3,(H,19,20). The van der Waals surface area contributed by atoms with E-state index in [4.69, 9.17) is 0 Å². The van der Waals surface area contributed by atoms with Gasteiger partial charge in [-0.3, -0.25) is 4.79 Å². The molecule has 0 aromatic heterocycles. The minimum Gasteiger partial charge on any atom is -0.353 e. The van der Waals surface area contributed by atoms with Crippen LogP contribution in [0.4, 0.5) is 0 Å². The Labute approximate surface area is 122 Å². The fraction of sp³-hybridized carbons (Fsp3) is 0.833. The van der Waals surface area contributed by atoms with E-state index in [-0.39, 0.29) is 5.91 Å². The fourth-order valence-electron chi connectivity index (χ4n) is 6.16. The van der Waals surface area contributed by atoms with Crippen LogP contribution in [-0.4, -0.2) is 11.9 Å². The highest BCUT2D eigenvalue weighted by atomic mass is 16.1. The van der Waals surface area contributed by atoms with Crippen molar-refractivity contribution in [1.29, 1.82) is 0 Å². The molecule has 6 unspecified atom stereocenters. The molecule has 0 bridgehead atoms. The molecule has 0 aromatic rings. The highest BCUT2D eigenvalue weighted by Crippen LogP contribution is 2.59. The van der Waals surface area contributed by atoms with Gasteiger partial charge in [0.2, 0.25) is 5.91 Å². The second kappa shape index (κ2) is 4.35. The van der Waals surface area contributed by atoms with Crippen LogP contribution < -0.4 is 5.32 Å². The third-order valence-corrected chi connectivity index (χ3v) is 7.14. The summed E-state index contributed by atoms with van der Waals surface area (Å²) in [6.07, 6.45) is 11.1. The maximum atomic E-state index is 11.7. The maximum Gasteiger partial charge on any atom is 0.220 e. The Morgan fingerprint density at radius 3 is 2.90 bits per heavy atom. The van der Waals surface area contributed by atoms with Gasteiger partial charge in [0.1, 0.15) is 0 Å². The van der Waals surface area contributed by atoms with Crippen LogP contribution in [0.3, 0.4) is 0 Å². The van der Waals surface area contributed by atoms with Crippen molar-refractivity contribution in [2.24, 2.45) is 29.1 Å². The molecule has 0 spiro atoms. The molecule has 3 fully saturated rings. The van der Waals surface area contributed by atoms with Crippen molar-refractivity contribution < 1.29 is 4.79 Å². The van der Waals surface area contributed by atoms with Gasteiger partial charge in [0.15, 0.2) is 0 Å². The van der Waals surface area contributed by atoms with E-state index < -0.39 is 0 Å². The van der Waals surface area contributed by atoms with Gasteiger partial charge < -0.3 is 5.32 Å². The van der Waals surface area contributed by atoms with Crippen LogP contribution in [0.5, 0.6) is 0 Å². The van der Waals surface area contributed by atoms with Gasteiger partial charge in [0, 0.05) is 12.5 Å². The molecule has 1 saturated heterocycles. The van der Waals surface area contributed by atoms with E-state index in [1.807, 2.05) is 0 Å². The summed E-state index contributed by atoms with van der Waals surface area (Å²) in [4.78, 5) is 11.7. The van der Waals surface area contributed by atoms with E-state index >= 15 is 0 Å². The largest absolute Gasteiger partial charge is 0.353 e. The molecule has 2 saturated carbocycles. The number of hydrogen-bond donors (Lipinski definition) is 1. The van der Waals surface area contributed by atoms with Crippen LogP contribution in [0.2, 0.25) is 0 Å². The molecule has 4 aliphatic rings. The Morgan fingerprint density at radius 2 is 2.05 bits per heavy atom. The van der Waals surface area contributed by atoms with Crippen LogP contribution in [0.15, 0.2) is 11.6 Å². The summed E-state index contributed by atoms with van der Waals surface area (Å²) in [7, 11) is 0. The second-order valence-corrected chi connectivity index (χ2v) is 8.10. The molecule has 1 amide bonds. The maximum absolute atomic E-state index is 11.7. The molecular weight excluding hydrogens is 246 g/mol. The van der Waals surface area contributed by atoms with E-state index in [2.05, 4.69) is 25.2 Å². The van der Waals surface area contributed by atoms with E-state index in [0.29, 0.717) is 11.5 Å². The lowest BCUT2D eigenvalue weighted by atomic mass is 9.50.